The van der Waals surface area contributed by atoms with Crippen molar-refractivity contribution in [2.45, 2.75) is 25.7 Å². The van der Waals surface area contributed by atoms with E-state index >= 15 is 0 Å². The van der Waals surface area contributed by atoms with Gasteiger partial charge in [-0.05, 0) is 43.1 Å². The average molecular weight is 391 g/mol. The Morgan fingerprint density at radius 1 is 1.36 bits per heavy atom. The van der Waals surface area contributed by atoms with E-state index in [4.69, 9.17) is 16.3 Å². The molecule has 6 nitrogen and oxygen atoms in total. The molecule has 0 aliphatic heterocycles. The quantitative estimate of drug-likeness (QED) is 0.781. The van der Waals surface area contributed by atoms with Crippen LogP contribution in [0, 0.1) is 23.6 Å². The summed E-state index contributed by atoms with van der Waals surface area (Å²) in [7, 11) is -2.89. The van der Waals surface area contributed by atoms with E-state index in [0.717, 1.165) is 31.5 Å². The molecule has 3 rings (SSSR count). The Balaban J connectivity index is 1.68. The van der Waals surface area contributed by atoms with Crippen molar-refractivity contribution in [2.24, 2.45) is 17.8 Å². The van der Waals surface area contributed by atoms with Gasteiger partial charge in [0.1, 0.15) is 11.6 Å². The zero-order chi connectivity index (χ0) is 18.2. The normalized spacial score (nSPS) is 25.2. The first kappa shape index (κ1) is 18.4. The van der Waals surface area contributed by atoms with Gasteiger partial charge in [-0.3, -0.25) is 4.79 Å². The molecule has 2 N–H and O–H groups in total. The Hall–Kier alpha value is -1.38. The molecule has 2 fully saturated rings. The molecule has 9 heteroatoms. The lowest BCUT2D eigenvalue weighted by Crippen LogP contribution is -2.38. The largest absolute Gasteiger partial charge is 0.492 e. The van der Waals surface area contributed by atoms with Crippen LogP contribution in [0.2, 0.25) is 5.02 Å². The van der Waals surface area contributed by atoms with Crippen LogP contribution in [-0.4, -0.2) is 28.0 Å². The smallest absolute Gasteiger partial charge is 0.301 e. The monoisotopic (exact) mass is 390 g/mol. The highest BCUT2D eigenvalue weighted by atomic mass is 35.5. The van der Waals surface area contributed by atoms with Crippen molar-refractivity contribution in [3.63, 3.8) is 0 Å². The number of benzene rings is 1. The van der Waals surface area contributed by atoms with Crippen LogP contribution in [0.25, 0.3) is 0 Å². The Bertz CT molecular complexity index is 787. The standard InChI is InChI=1S/C16H20ClFN2O4S/c1-19-25(22,23)20-16(21)12-6-13(17)15(7-14(12)18)24-8-11-5-9-2-3-10(11)4-9/h6-7,9-11,19H,2-5,8H2,1H3,(H,20,21). The van der Waals surface area contributed by atoms with Crippen molar-refractivity contribution < 1.29 is 22.3 Å². The van der Waals surface area contributed by atoms with Gasteiger partial charge < -0.3 is 4.74 Å². The zero-order valence-corrected chi connectivity index (χ0v) is 15.3. The average Bonchev–Trinajstić information content (AvgIpc) is 3.17. The van der Waals surface area contributed by atoms with E-state index in [1.54, 1.807) is 4.72 Å². The number of halogens is 2. The summed E-state index contributed by atoms with van der Waals surface area (Å²) in [4.78, 5) is 11.9. The predicted octanol–water partition coefficient (Wildman–Crippen LogP) is 2.49. The highest BCUT2D eigenvalue weighted by Gasteiger charge is 2.39. The molecule has 1 amide bonds. The second-order valence-electron chi connectivity index (χ2n) is 6.65. The molecular weight excluding hydrogens is 371 g/mol. The number of fused-ring (bicyclic) bond motifs is 2. The molecule has 138 valence electrons. The molecular formula is C16H20ClFN2O4S. The summed E-state index contributed by atoms with van der Waals surface area (Å²) in [6.07, 6.45) is 4.89. The molecule has 0 spiro atoms. The maximum absolute atomic E-state index is 14.2. The highest BCUT2D eigenvalue weighted by molar-refractivity contribution is 7.88. The summed E-state index contributed by atoms with van der Waals surface area (Å²) >= 11 is 6.08. The van der Waals surface area contributed by atoms with E-state index in [2.05, 4.69) is 0 Å². The van der Waals surface area contributed by atoms with E-state index in [-0.39, 0.29) is 10.8 Å². The van der Waals surface area contributed by atoms with Crippen molar-refractivity contribution in [2.75, 3.05) is 13.7 Å². The first-order valence-electron chi connectivity index (χ1n) is 8.16. The fourth-order valence-corrected chi connectivity index (χ4v) is 4.49. The molecule has 3 atom stereocenters. The molecule has 3 unspecified atom stereocenters. The maximum Gasteiger partial charge on any atom is 0.301 e. The summed E-state index contributed by atoms with van der Waals surface area (Å²) < 4.78 is 46.1. The molecule has 0 aromatic heterocycles. The fourth-order valence-electron chi connectivity index (χ4n) is 3.82. The van der Waals surface area contributed by atoms with Crippen molar-refractivity contribution in [3.8, 4) is 5.75 Å². The van der Waals surface area contributed by atoms with Crippen LogP contribution in [0.4, 0.5) is 4.39 Å². The third kappa shape index (κ3) is 4.07. The number of nitrogens with one attached hydrogen (secondary N) is 2. The summed E-state index contributed by atoms with van der Waals surface area (Å²) in [6.45, 7) is 0.472. The number of hydrogen-bond acceptors (Lipinski definition) is 4. The molecule has 0 heterocycles. The number of carbonyl (C=O) groups excluding carboxylic acids is 1. The van der Waals surface area contributed by atoms with E-state index in [9.17, 15) is 17.6 Å². The summed E-state index contributed by atoms with van der Waals surface area (Å²) in [6, 6.07) is 2.10. The maximum atomic E-state index is 14.2. The SMILES string of the molecule is CNS(=O)(=O)NC(=O)c1cc(Cl)c(OCC2CC3CCC2C3)cc1F. The molecule has 0 radical (unpaired) electrons. The van der Waals surface area contributed by atoms with Gasteiger partial charge >= 0.3 is 10.2 Å². The Labute approximate surface area is 151 Å². The molecule has 1 aromatic rings. The van der Waals surface area contributed by atoms with Crippen LogP contribution in [0.1, 0.15) is 36.0 Å². The Morgan fingerprint density at radius 2 is 2.12 bits per heavy atom. The summed E-state index contributed by atoms with van der Waals surface area (Å²) in [5.41, 5.74) is -0.462. The lowest BCUT2D eigenvalue weighted by atomic mass is 9.89. The van der Waals surface area contributed by atoms with Gasteiger partial charge in [-0.2, -0.15) is 8.42 Å². The van der Waals surface area contributed by atoms with Crippen LogP contribution >= 0.6 is 11.6 Å². The van der Waals surface area contributed by atoms with E-state index in [0.29, 0.717) is 18.4 Å². The molecule has 1 aromatic carbocycles. The van der Waals surface area contributed by atoms with Gasteiger partial charge in [-0.15, -0.1) is 0 Å². The van der Waals surface area contributed by atoms with Crippen molar-refractivity contribution in [3.05, 3.63) is 28.5 Å². The molecule has 2 aliphatic rings. The molecule has 2 aliphatic carbocycles. The molecule has 2 bridgehead atoms. The molecule has 0 saturated heterocycles. The number of ether oxygens (including phenoxy) is 1. The van der Waals surface area contributed by atoms with E-state index in [1.807, 2.05) is 4.72 Å². The predicted molar refractivity (Wildman–Crippen MR) is 91.3 cm³/mol. The second-order valence-corrected chi connectivity index (χ2v) is 8.67. The van der Waals surface area contributed by atoms with Crippen LogP contribution in [0.3, 0.4) is 0 Å². The summed E-state index contributed by atoms with van der Waals surface area (Å²) in [5.74, 6) is 0.0811. The first-order valence-corrected chi connectivity index (χ1v) is 10.0. The van der Waals surface area contributed by atoms with Crippen LogP contribution in [-0.2, 0) is 10.2 Å². The lowest BCUT2D eigenvalue weighted by Gasteiger charge is -2.22. The minimum atomic E-state index is -4.02. The van der Waals surface area contributed by atoms with Gasteiger partial charge in [-0.25, -0.2) is 13.8 Å². The lowest BCUT2D eigenvalue weighted by molar-refractivity contribution is 0.0977. The van der Waals surface area contributed by atoms with Gasteiger partial charge in [0, 0.05) is 13.1 Å². The summed E-state index contributed by atoms with van der Waals surface area (Å²) in [5, 5.41) is 0.0663. The van der Waals surface area contributed by atoms with Crippen molar-refractivity contribution in [1.82, 2.24) is 9.44 Å². The van der Waals surface area contributed by atoms with Gasteiger partial charge in [0.25, 0.3) is 5.91 Å². The number of rotatable bonds is 6. The second kappa shape index (κ2) is 7.09. The van der Waals surface area contributed by atoms with E-state index in [1.165, 1.54) is 19.3 Å². The Morgan fingerprint density at radius 3 is 2.72 bits per heavy atom. The van der Waals surface area contributed by atoms with Gasteiger partial charge in [0.15, 0.2) is 0 Å². The fraction of sp³-hybridized carbons (Fsp3) is 0.562. The van der Waals surface area contributed by atoms with Gasteiger partial charge in [0.2, 0.25) is 0 Å². The van der Waals surface area contributed by atoms with Gasteiger partial charge in [0.05, 0.1) is 17.2 Å². The molecule has 25 heavy (non-hydrogen) atoms. The van der Waals surface area contributed by atoms with Gasteiger partial charge in [-0.1, -0.05) is 18.0 Å². The minimum Gasteiger partial charge on any atom is -0.492 e. The third-order valence-corrected chi connectivity index (χ3v) is 6.39. The third-order valence-electron chi connectivity index (χ3n) is 5.10. The minimum absolute atomic E-state index is 0.0663. The zero-order valence-electron chi connectivity index (χ0n) is 13.7. The molecule has 2 saturated carbocycles. The number of carbonyl (C=O) groups is 1. The topological polar surface area (TPSA) is 84.5 Å². The van der Waals surface area contributed by atoms with Crippen LogP contribution < -0.4 is 14.2 Å². The van der Waals surface area contributed by atoms with Crippen LogP contribution in [0.15, 0.2) is 12.1 Å². The first-order chi connectivity index (χ1) is 11.8. The number of amides is 1. The number of hydrogen-bond donors (Lipinski definition) is 2. The van der Waals surface area contributed by atoms with Crippen molar-refractivity contribution >= 4 is 27.7 Å². The Kier molecular flexibility index (Phi) is 5.22. The van der Waals surface area contributed by atoms with Crippen molar-refractivity contribution in [1.29, 1.82) is 0 Å². The highest BCUT2D eigenvalue weighted by Crippen LogP contribution is 2.48. The van der Waals surface area contributed by atoms with E-state index < -0.39 is 27.5 Å². The van der Waals surface area contributed by atoms with Crippen LogP contribution in [0.5, 0.6) is 5.75 Å².